The summed E-state index contributed by atoms with van der Waals surface area (Å²) in [6.07, 6.45) is 2.84. The molecule has 0 bridgehead atoms. The Morgan fingerprint density at radius 2 is 1.85 bits per heavy atom. The standard InChI is InChI=1S/C20H17N5O2/c1-13-7-8-18(27-2)17(9-13)25-20-22-11-15(12-23-20)19(26)24-16-6-4-3-5-14(16)10-21/h3-9,11-12H,1-2H3,(H,24,26)(H,22,23,25). The van der Waals surface area contributed by atoms with Crippen LogP contribution in [0.3, 0.4) is 0 Å². The molecule has 134 valence electrons. The van der Waals surface area contributed by atoms with Crippen LogP contribution in [0, 0.1) is 18.3 Å². The Labute approximate surface area is 156 Å². The summed E-state index contributed by atoms with van der Waals surface area (Å²) in [4.78, 5) is 20.7. The summed E-state index contributed by atoms with van der Waals surface area (Å²) in [6.45, 7) is 1.97. The normalized spacial score (nSPS) is 9.96. The summed E-state index contributed by atoms with van der Waals surface area (Å²) in [7, 11) is 1.59. The minimum atomic E-state index is -0.391. The van der Waals surface area contributed by atoms with Crippen LogP contribution in [0.25, 0.3) is 0 Å². The molecule has 0 saturated carbocycles. The summed E-state index contributed by atoms with van der Waals surface area (Å²) in [5.41, 5.74) is 2.90. The summed E-state index contributed by atoms with van der Waals surface area (Å²) >= 11 is 0. The fraction of sp³-hybridized carbons (Fsp3) is 0.100. The molecule has 0 fully saturated rings. The third kappa shape index (κ3) is 4.19. The van der Waals surface area contributed by atoms with Gasteiger partial charge in [-0.2, -0.15) is 5.26 Å². The topological polar surface area (TPSA) is 99.9 Å². The molecule has 0 atom stereocenters. The molecule has 0 radical (unpaired) electrons. The van der Waals surface area contributed by atoms with Gasteiger partial charge in [0.25, 0.3) is 5.91 Å². The molecule has 3 rings (SSSR count). The van der Waals surface area contributed by atoms with Gasteiger partial charge in [-0.15, -0.1) is 0 Å². The van der Waals surface area contributed by atoms with E-state index in [1.54, 1.807) is 31.4 Å². The van der Waals surface area contributed by atoms with E-state index in [1.165, 1.54) is 12.4 Å². The molecule has 7 heteroatoms. The Morgan fingerprint density at radius 1 is 1.11 bits per heavy atom. The molecule has 1 amide bonds. The zero-order valence-electron chi connectivity index (χ0n) is 14.9. The van der Waals surface area contributed by atoms with E-state index in [4.69, 9.17) is 10.00 Å². The Kier molecular flexibility index (Phi) is 5.28. The largest absolute Gasteiger partial charge is 0.495 e. The van der Waals surface area contributed by atoms with Crippen molar-refractivity contribution in [3.63, 3.8) is 0 Å². The van der Waals surface area contributed by atoms with Crippen LogP contribution in [0.5, 0.6) is 5.75 Å². The molecule has 3 aromatic rings. The number of anilines is 3. The molecular weight excluding hydrogens is 342 g/mol. The van der Waals surface area contributed by atoms with Crippen molar-refractivity contribution in [2.24, 2.45) is 0 Å². The number of nitriles is 1. The SMILES string of the molecule is COc1ccc(C)cc1Nc1ncc(C(=O)Nc2ccccc2C#N)cn1. The number of carbonyl (C=O) groups is 1. The maximum absolute atomic E-state index is 12.4. The zero-order valence-corrected chi connectivity index (χ0v) is 14.9. The van der Waals surface area contributed by atoms with Gasteiger partial charge in [0.2, 0.25) is 5.95 Å². The van der Waals surface area contributed by atoms with Crippen LogP contribution in [0.4, 0.5) is 17.3 Å². The van der Waals surface area contributed by atoms with Gasteiger partial charge in [0.05, 0.1) is 29.6 Å². The number of para-hydroxylation sites is 1. The Balaban J connectivity index is 1.75. The monoisotopic (exact) mass is 359 g/mol. The number of carbonyl (C=O) groups excluding carboxylic acids is 1. The molecule has 0 aliphatic heterocycles. The van der Waals surface area contributed by atoms with E-state index in [0.717, 1.165) is 11.3 Å². The molecule has 2 aromatic carbocycles. The third-order valence-corrected chi connectivity index (χ3v) is 3.81. The van der Waals surface area contributed by atoms with Gasteiger partial charge in [0, 0.05) is 12.4 Å². The predicted molar refractivity (Wildman–Crippen MR) is 102 cm³/mol. The number of nitrogens with zero attached hydrogens (tertiary/aromatic N) is 3. The molecule has 0 aliphatic carbocycles. The highest BCUT2D eigenvalue weighted by molar-refractivity contribution is 6.04. The number of hydrogen-bond acceptors (Lipinski definition) is 6. The molecule has 1 aromatic heterocycles. The highest BCUT2D eigenvalue weighted by atomic mass is 16.5. The van der Waals surface area contributed by atoms with Crippen LogP contribution in [-0.4, -0.2) is 23.0 Å². The highest BCUT2D eigenvalue weighted by Gasteiger charge is 2.11. The molecule has 27 heavy (non-hydrogen) atoms. The number of amides is 1. The van der Waals surface area contributed by atoms with Gasteiger partial charge in [-0.05, 0) is 36.8 Å². The van der Waals surface area contributed by atoms with Crippen molar-refractivity contribution in [3.05, 3.63) is 71.5 Å². The van der Waals surface area contributed by atoms with Crippen molar-refractivity contribution in [2.45, 2.75) is 6.92 Å². The van der Waals surface area contributed by atoms with Gasteiger partial charge in [-0.25, -0.2) is 9.97 Å². The molecule has 7 nitrogen and oxygen atoms in total. The van der Waals surface area contributed by atoms with Gasteiger partial charge < -0.3 is 15.4 Å². The van der Waals surface area contributed by atoms with Gasteiger partial charge >= 0.3 is 0 Å². The average molecular weight is 359 g/mol. The van der Waals surface area contributed by atoms with Crippen LogP contribution < -0.4 is 15.4 Å². The van der Waals surface area contributed by atoms with E-state index in [9.17, 15) is 4.79 Å². The van der Waals surface area contributed by atoms with Gasteiger partial charge in [0.1, 0.15) is 11.8 Å². The minimum Gasteiger partial charge on any atom is -0.495 e. The van der Waals surface area contributed by atoms with E-state index in [1.807, 2.05) is 31.2 Å². The number of nitrogens with one attached hydrogen (secondary N) is 2. The lowest BCUT2D eigenvalue weighted by Gasteiger charge is -2.11. The second kappa shape index (κ2) is 7.97. The van der Waals surface area contributed by atoms with E-state index < -0.39 is 5.91 Å². The van der Waals surface area contributed by atoms with Crippen LogP contribution in [0.15, 0.2) is 54.9 Å². The number of aryl methyl sites for hydroxylation is 1. The number of aromatic nitrogens is 2. The molecular formula is C20H17N5O2. The fourth-order valence-corrected chi connectivity index (χ4v) is 2.43. The predicted octanol–water partition coefficient (Wildman–Crippen LogP) is 3.66. The second-order valence-electron chi connectivity index (χ2n) is 5.74. The Hall–Kier alpha value is -3.92. The quantitative estimate of drug-likeness (QED) is 0.721. The first-order chi connectivity index (χ1) is 13.1. The van der Waals surface area contributed by atoms with Crippen LogP contribution in [0.2, 0.25) is 0 Å². The lowest BCUT2D eigenvalue weighted by molar-refractivity contribution is 0.102. The summed E-state index contributed by atoms with van der Waals surface area (Å²) in [5.74, 6) is 0.615. The second-order valence-corrected chi connectivity index (χ2v) is 5.74. The first-order valence-electron chi connectivity index (χ1n) is 8.15. The van der Waals surface area contributed by atoms with Crippen LogP contribution >= 0.6 is 0 Å². The number of ether oxygens (including phenoxy) is 1. The summed E-state index contributed by atoms with van der Waals surface area (Å²) < 4.78 is 5.31. The van der Waals surface area contributed by atoms with Crippen LogP contribution in [0.1, 0.15) is 21.5 Å². The molecule has 0 saturated heterocycles. The van der Waals surface area contributed by atoms with E-state index in [-0.39, 0.29) is 5.56 Å². The van der Waals surface area contributed by atoms with Crippen molar-refractivity contribution in [2.75, 3.05) is 17.7 Å². The lowest BCUT2D eigenvalue weighted by atomic mass is 10.2. The van der Waals surface area contributed by atoms with E-state index in [2.05, 4.69) is 20.6 Å². The first kappa shape index (κ1) is 17.9. The van der Waals surface area contributed by atoms with Crippen LogP contribution in [-0.2, 0) is 0 Å². The van der Waals surface area contributed by atoms with E-state index in [0.29, 0.717) is 22.9 Å². The smallest absolute Gasteiger partial charge is 0.258 e. The lowest BCUT2D eigenvalue weighted by Crippen LogP contribution is -2.14. The molecule has 0 aliphatic rings. The highest BCUT2D eigenvalue weighted by Crippen LogP contribution is 2.27. The minimum absolute atomic E-state index is 0.282. The Morgan fingerprint density at radius 3 is 2.56 bits per heavy atom. The van der Waals surface area contributed by atoms with Crippen molar-refractivity contribution in [1.82, 2.24) is 9.97 Å². The zero-order chi connectivity index (χ0) is 19.2. The third-order valence-electron chi connectivity index (χ3n) is 3.81. The van der Waals surface area contributed by atoms with Crippen molar-refractivity contribution in [1.29, 1.82) is 5.26 Å². The first-order valence-corrected chi connectivity index (χ1v) is 8.15. The maximum atomic E-state index is 12.4. The number of rotatable bonds is 5. The molecule has 1 heterocycles. The molecule has 0 spiro atoms. The molecule has 2 N–H and O–H groups in total. The Bertz CT molecular complexity index is 1010. The van der Waals surface area contributed by atoms with Gasteiger partial charge in [-0.3, -0.25) is 4.79 Å². The number of methoxy groups -OCH3 is 1. The number of benzene rings is 2. The van der Waals surface area contributed by atoms with Gasteiger partial charge in [-0.1, -0.05) is 18.2 Å². The van der Waals surface area contributed by atoms with Crippen molar-refractivity contribution in [3.8, 4) is 11.8 Å². The van der Waals surface area contributed by atoms with E-state index >= 15 is 0 Å². The number of hydrogen-bond donors (Lipinski definition) is 2. The van der Waals surface area contributed by atoms with Gasteiger partial charge in [0.15, 0.2) is 0 Å². The summed E-state index contributed by atoms with van der Waals surface area (Å²) in [6, 6.07) is 14.5. The summed E-state index contributed by atoms with van der Waals surface area (Å²) in [5, 5.41) is 14.9. The molecule has 0 unspecified atom stereocenters. The van der Waals surface area contributed by atoms with Crippen molar-refractivity contribution >= 4 is 23.2 Å². The fourth-order valence-electron chi connectivity index (χ4n) is 2.43. The van der Waals surface area contributed by atoms with Crippen molar-refractivity contribution < 1.29 is 9.53 Å². The average Bonchev–Trinajstić information content (AvgIpc) is 2.69. The maximum Gasteiger partial charge on any atom is 0.258 e.